The molecular formula is C11H9ClO5S. The number of rotatable bonds is 2. The number of ether oxygens (including phenoxy) is 1. The Morgan fingerprint density at radius 1 is 1.28 bits per heavy atom. The summed E-state index contributed by atoms with van der Waals surface area (Å²) in [5.74, 6) is -0.697. The number of aromatic hydroxyl groups is 1. The molecule has 0 atom stereocenters. The number of phenolic OH excluding ortho intramolecular Hbond substituents is 1. The molecule has 0 bridgehead atoms. The zero-order valence-electron chi connectivity index (χ0n) is 9.21. The van der Waals surface area contributed by atoms with Crippen LogP contribution in [0, 0.1) is 0 Å². The minimum absolute atomic E-state index is 0.260. The molecule has 2 aromatic carbocycles. The maximum atomic E-state index is 11.2. The third-order valence-corrected chi connectivity index (χ3v) is 3.69. The highest BCUT2D eigenvalue weighted by atomic mass is 35.5. The van der Waals surface area contributed by atoms with Crippen LogP contribution in [0.25, 0.3) is 10.8 Å². The number of benzene rings is 2. The van der Waals surface area contributed by atoms with Crippen molar-refractivity contribution in [3.63, 3.8) is 0 Å². The summed E-state index contributed by atoms with van der Waals surface area (Å²) in [5, 5.41) is 10.9. The van der Waals surface area contributed by atoms with Crippen molar-refractivity contribution in [1.29, 1.82) is 0 Å². The standard InChI is InChI=1S/C11H9ClO5S/c1-17-11-9(18(14,15)16)5-7-6(10(11)13)3-2-4-8(7)12/h2-5,13H,1H3,(H,14,15,16). The van der Waals surface area contributed by atoms with Gasteiger partial charge in [-0.15, -0.1) is 0 Å². The van der Waals surface area contributed by atoms with Crippen LogP contribution in [0.1, 0.15) is 0 Å². The molecule has 0 saturated carbocycles. The topological polar surface area (TPSA) is 83.8 Å². The van der Waals surface area contributed by atoms with E-state index in [1.165, 1.54) is 7.11 Å². The van der Waals surface area contributed by atoms with E-state index in [0.29, 0.717) is 10.8 Å². The Labute approximate surface area is 108 Å². The van der Waals surface area contributed by atoms with Crippen LogP contribution in [0.15, 0.2) is 29.2 Å². The Hall–Kier alpha value is -1.50. The largest absolute Gasteiger partial charge is 0.504 e. The van der Waals surface area contributed by atoms with Gasteiger partial charge in [0.2, 0.25) is 0 Å². The van der Waals surface area contributed by atoms with Crippen molar-refractivity contribution in [3.05, 3.63) is 29.3 Å². The van der Waals surface area contributed by atoms with Gasteiger partial charge in [0.25, 0.3) is 10.1 Å². The van der Waals surface area contributed by atoms with Gasteiger partial charge >= 0.3 is 0 Å². The summed E-state index contributed by atoms with van der Waals surface area (Å²) in [6, 6.07) is 5.87. The summed E-state index contributed by atoms with van der Waals surface area (Å²) in [4.78, 5) is -0.525. The molecule has 0 amide bonds. The second-order valence-corrected chi connectivity index (χ2v) is 5.36. The highest BCUT2D eigenvalue weighted by Crippen LogP contribution is 2.41. The Bertz CT molecular complexity index is 724. The number of fused-ring (bicyclic) bond motifs is 1. The quantitative estimate of drug-likeness (QED) is 0.829. The molecule has 0 aliphatic carbocycles. The summed E-state index contributed by atoms with van der Waals surface area (Å²) in [5.41, 5.74) is 0. The first-order chi connectivity index (χ1) is 8.36. The maximum absolute atomic E-state index is 11.2. The van der Waals surface area contributed by atoms with Crippen molar-refractivity contribution < 1.29 is 22.8 Å². The highest BCUT2D eigenvalue weighted by molar-refractivity contribution is 7.86. The smallest absolute Gasteiger partial charge is 0.298 e. The van der Waals surface area contributed by atoms with Crippen molar-refractivity contribution in [3.8, 4) is 11.5 Å². The fourth-order valence-electron chi connectivity index (χ4n) is 1.71. The second kappa shape index (κ2) is 4.31. The Morgan fingerprint density at radius 3 is 2.50 bits per heavy atom. The van der Waals surface area contributed by atoms with Crippen LogP contribution in [0.3, 0.4) is 0 Å². The van der Waals surface area contributed by atoms with E-state index in [1.807, 2.05) is 0 Å². The van der Waals surface area contributed by atoms with Gasteiger partial charge in [-0.2, -0.15) is 8.42 Å². The molecule has 2 aromatic rings. The summed E-state index contributed by atoms with van der Waals surface area (Å²) in [7, 11) is -3.33. The van der Waals surface area contributed by atoms with Crippen LogP contribution in [0.2, 0.25) is 5.02 Å². The first-order valence-electron chi connectivity index (χ1n) is 4.82. The van der Waals surface area contributed by atoms with Gasteiger partial charge in [0, 0.05) is 15.8 Å². The van der Waals surface area contributed by atoms with E-state index in [4.69, 9.17) is 20.9 Å². The lowest BCUT2D eigenvalue weighted by Gasteiger charge is -2.11. The van der Waals surface area contributed by atoms with Crippen molar-refractivity contribution >= 4 is 32.5 Å². The van der Waals surface area contributed by atoms with Crippen LogP contribution in [-0.2, 0) is 10.1 Å². The average molecular weight is 289 g/mol. The molecule has 96 valence electrons. The molecule has 0 fully saturated rings. The predicted molar refractivity (Wildman–Crippen MR) is 67.0 cm³/mol. The third kappa shape index (κ3) is 1.98. The molecule has 7 heteroatoms. The number of phenols is 1. The summed E-state index contributed by atoms with van der Waals surface area (Å²) in [6.07, 6.45) is 0. The molecule has 0 spiro atoms. The van der Waals surface area contributed by atoms with Crippen LogP contribution >= 0.6 is 11.6 Å². The van der Waals surface area contributed by atoms with Crippen molar-refractivity contribution in [2.24, 2.45) is 0 Å². The molecule has 0 radical (unpaired) electrons. The van der Waals surface area contributed by atoms with Crippen molar-refractivity contribution in [1.82, 2.24) is 0 Å². The summed E-state index contributed by atoms with van der Waals surface area (Å²) in [6.45, 7) is 0. The maximum Gasteiger partial charge on any atom is 0.298 e. The van der Waals surface area contributed by atoms with E-state index in [0.717, 1.165) is 6.07 Å². The Kier molecular flexibility index (Phi) is 3.10. The van der Waals surface area contributed by atoms with Gasteiger partial charge in [-0.3, -0.25) is 4.55 Å². The first kappa shape index (κ1) is 12.9. The van der Waals surface area contributed by atoms with Crippen LogP contribution in [0.4, 0.5) is 0 Å². The van der Waals surface area contributed by atoms with Gasteiger partial charge in [-0.1, -0.05) is 23.7 Å². The minimum Gasteiger partial charge on any atom is -0.504 e. The molecule has 0 saturated heterocycles. The van der Waals surface area contributed by atoms with Gasteiger partial charge < -0.3 is 9.84 Å². The minimum atomic E-state index is -4.52. The number of hydrogen-bond acceptors (Lipinski definition) is 4. The van der Waals surface area contributed by atoms with Gasteiger partial charge in [-0.25, -0.2) is 0 Å². The van der Waals surface area contributed by atoms with E-state index in [1.54, 1.807) is 18.2 Å². The highest BCUT2D eigenvalue weighted by Gasteiger charge is 2.23. The van der Waals surface area contributed by atoms with E-state index in [2.05, 4.69) is 0 Å². The van der Waals surface area contributed by atoms with E-state index in [-0.39, 0.29) is 16.5 Å². The molecule has 0 aromatic heterocycles. The molecule has 0 unspecified atom stereocenters. The Balaban J connectivity index is 3.01. The predicted octanol–water partition coefficient (Wildman–Crippen LogP) is 2.45. The molecule has 18 heavy (non-hydrogen) atoms. The molecule has 0 aliphatic rings. The number of methoxy groups -OCH3 is 1. The zero-order valence-corrected chi connectivity index (χ0v) is 10.8. The number of halogens is 1. The van der Waals surface area contributed by atoms with Gasteiger partial charge in [-0.05, 0) is 12.1 Å². The lowest BCUT2D eigenvalue weighted by Crippen LogP contribution is -2.02. The molecule has 2 rings (SSSR count). The van der Waals surface area contributed by atoms with Crippen molar-refractivity contribution in [2.45, 2.75) is 4.90 Å². The second-order valence-electron chi connectivity index (χ2n) is 3.57. The number of hydrogen-bond donors (Lipinski definition) is 2. The molecular weight excluding hydrogens is 280 g/mol. The fraction of sp³-hybridized carbons (Fsp3) is 0.0909. The molecule has 0 heterocycles. The van der Waals surface area contributed by atoms with Gasteiger partial charge in [0.15, 0.2) is 11.5 Å². The monoisotopic (exact) mass is 288 g/mol. The Morgan fingerprint density at radius 2 is 1.94 bits per heavy atom. The van der Waals surface area contributed by atoms with Crippen LogP contribution in [-0.4, -0.2) is 25.2 Å². The SMILES string of the molecule is COc1c(S(=O)(=O)O)cc2c(Cl)cccc2c1O. The third-order valence-electron chi connectivity index (χ3n) is 2.50. The van der Waals surface area contributed by atoms with Gasteiger partial charge in [0.05, 0.1) is 7.11 Å². The van der Waals surface area contributed by atoms with Crippen LogP contribution < -0.4 is 4.74 Å². The molecule has 2 N–H and O–H groups in total. The fourth-order valence-corrected chi connectivity index (χ4v) is 2.62. The lowest BCUT2D eigenvalue weighted by atomic mass is 10.1. The zero-order chi connectivity index (χ0) is 13.5. The summed E-state index contributed by atoms with van der Waals surface area (Å²) >= 11 is 5.92. The normalized spacial score (nSPS) is 11.7. The van der Waals surface area contributed by atoms with Crippen LogP contribution in [0.5, 0.6) is 11.5 Å². The molecule has 5 nitrogen and oxygen atoms in total. The first-order valence-corrected chi connectivity index (χ1v) is 6.63. The van der Waals surface area contributed by atoms with Gasteiger partial charge in [0.1, 0.15) is 4.90 Å². The summed E-state index contributed by atoms with van der Waals surface area (Å²) < 4.78 is 36.4. The van der Waals surface area contributed by atoms with Crippen molar-refractivity contribution in [2.75, 3.05) is 7.11 Å². The van der Waals surface area contributed by atoms with E-state index < -0.39 is 15.0 Å². The lowest BCUT2D eigenvalue weighted by molar-refractivity contribution is 0.363. The van der Waals surface area contributed by atoms with E-state index >= 15 is 0 Å². The van der Waals surface area contributed by atoms with E-state index in [9.17, 15) is 13.5 Å². The average Bonchev–Trinajstić information content (AvgIpc) is 2.29. The molecule has 0 aliphatic heterocycles.